The minimum atomic E-state index is -1.09. The molecule has 1 atom stereocenters. The molecule has 1 fully saturated rings. The number of carboxylic acids is 1. The third-order valence-electron chi connectivity index (χ3n) is 2.37. The highest BCUT2D eigenvalue weighted by molar-refractivity contribution is 5.88. The van der Waals surface area contributed by atoms with Crippen LogP contribution in [0.3, 0.4) is 0 Å². The minimum absolute atomic E-state index is 0.0206. The van der Waals surface area contributed by atoms with Crippen molar-refractivity contribution in [2.24, 2.45) is 5.84 Å². The summed E-state index contributed by atoms with van der Waals surface area (Å²) >= 11 is 0. The van der Waals surface area contributed by atoms with Crippen molar-refractivity contribution in [3.05, 3.63) is 11.3 Å². The van der Waals surface area contributed by atoms with Gasteiger partial charge in [0.2, 0.25) is 0 Å². The normalized spacial score (nSPS) is 23.2. The van der Waals surface area contributed by atoms with Gasteiger partial charge in [0.25, 0.3) is 0 Å². The van der Waals surface area contributed by atoms with E-state index in [1.165, 1.54) is 11.9 Å². The second-order valence-corrected chi connectivity index (χ2v) is 3.49. The van der Waals surface area contributed by atoms with Crippen LogP contribution in [0.25, 0.3) is 0 Å². The first-order chi connectivity index (χ1) is 6.54. The standard InChI is InChI=1S/C9H16N2O3/c1-6(12)8(9(13)14)7-4-2-3-5-11(7)10/h6,12H,2-5,10H2,1H3,(H,13,14)/b8-7+. The highest BCUT2D eigenvalue weighted by atomic mass is 16.4. The molecule has 80 valence electrons. The van der Waals surface area contributed by atoms with E-state index in [9.17, 15) is 9.90 Å². The zero-order chi connectivity index (χ0) is 10.7. The predicted molar refractivity (Wildman–Crippen MR) is 51.1 cm³/mol. The molecular formula is C9H16N2O3. The Kier molecular flexibility index (Phi) is 3.49. The summed E-state index contributed by atoms with van der Waals surface area (Å²) in [6.07, 6.45) is 1.54. The van der Waals surface area contributed by atoms with Crippen LogP contribution in [0, 0.1) is 0 Å². The molecule has 14 heavy (non-hydrogen) atoms. The molecule has 5 heteroatoms. The Morgan fingerprint density at radius 3 is 2.64 bits per heavy atom. The second-order valence-electron chi connectivity index (χ2n) is 3.49. The molecule has 4 N–H and O–H groups in total. The minimum Gasteiger partial charge on any atom is -0.478 e. The van der Waals surface area contributed by atoms with E-state index < -0.39 is 12.1 Å². The molecule has 0 radical (unpaired) electrons. The van der Waals surface area contributed by atoms with Gasteiger partial charge in [0, 0.05) is 12.2 Å². The summed E-state index contributed by atoms with van der Waals surface area (Å²) in [4.78, 5) is 10.9. The van der Waals surface area contributed by atoms with Crippen molar-refractivity contribution < 1.29 is 15.0 Å². The van der Waals surface area contributed by atoms with E-state index in [0.717, 1.165) is 12.8 Å². The van der Waals surface area contributed by atoms with Gasteiger partial charge in [-0.1, -0.05) is 0 Å². The Labute approximate surface area is 82.8 Å². The molecule has 0 aromatic heterocycles. The number of hydrogen-bond acceptors (Lipinski definition) is 4. The number of carboxylic acid groups (broad SMARTS) is 1. The van der Waals surface area contributed by atoms with Crippen LogP contribution in [0.4, 0.5) is 0 Å². The Morgan fingerprint density at radius 1 is 1.57 bits per heavy atom. The maximum atomic E-state index is 10.9. The largest absolute Gasteiger partial charge is 0.478 e. The number of hydrogen-bond donors (Lipinski definition) is 3. The van der Waals surface area contributed by atoms with Crippen molar-refractivity contribution in [3.8, 4) is 0 Å². The molecule has 0 aromatic rings. The molecule has 5 nitrogen and oxygen atoms in total. The summed E-state index contributed by atoms with van der Waals surface area (Å²) < 4.78 is 0. The van der Waals surface area contributed by atoms with Gasteiger partial charge in [0.1, 0.15) is 0 Å². The summed E-state index contributed by atoms with van der Waals surface area (Å²) in [6, 6.07) is 0. The highest BCUT2D eigenvalue weighted by Crippen LogP contribution is 2.22. The van der Waals surface area contributed by atoms with Gasteiger partial charge < -0.3 is 15.2 Å². The Hall–Kier alpha value is -1.07. The molecule has 1 saturated heterocycles. The van der Waals surface area contributed by atoms with Gasteiger partial charge in [-0.3, -0.25) is 0 Å². The second kappa shape index (κ2) is 4.43. The molecule has 1 aliphatic heterocycles. The van der Waals surface area contributed by atoms with Gasteiger partial charge in [-0.15, -0.1) is 0 Å². The smallest absolute Gasteiger partial charge is 0.336 e. The Morgan fingerprint density at radius 2 is 2.21 bits per heavy atom. The van der Waals surface area contributed by atoms with Crippen molar-refractivity contribution in [2.45, 2.75) is 32.3 Å². The van der Waals surface area contributed by atoms with Crippen molar-refractivity contribution in [1.82, 2.24) is 5.01 Å². The number of aliphatic hydroxyl groups is 1. The number of carbonyl (C=O) groups is 1. The zero-order valence-corrected chi connectivity index (χ0v) is 8.23. The highest BCUT2D eigenvalue weighted by Gasteiger charge is 2.24. The molecule has 0 spiro atoms. The molecule has 0 aromatic carbocycles. The molecule has 0 bridgehead atoms. The average molecular weight is 200 g/mol. The molecule has 0 saturated carbocycles. The molecule has 0 aliphatic carbocycles. The van der Waals surface area contributed by atoms with Crippen LogP contribution in [0.1, 0.15) is 26.2 Å². The SMILES string of the molecule is CC(O)/C(C(=O)O)=C1/CCCCN1N. The van der Waals surface area contributed by atoms with Gasteiger partial charge >= 0.3 is 5.97 Å². The van der Waals surface area contributed by atoms with Gasteiger partial charge in [0.05, 0.1) is 11.7 Å². The molecule has 1 unspecified atom stereocenters. The monoisotopic (exact) mass is 200 g/mol. The third kappa shape index (κ3) is 2.24. The fraction of sp³-hybridized carbons (Fsp3) is 0.667. The van der Waals surface area contributed by atoms with Crippen molar-refractivity contribution in [1.29, 1.82) is 0 Å². The van der Waals surface area contributed by atoms with E-state index in [4.69, 9.17) is 10.9 Å². The van der Waals surface area contributed by atoms with Gasteiger partial charge in [-0.05, 0) is 26.2 Å². The molecule has 1 rings (SSSR count). The number of nitrogens with zero attached hydrogens (tertiary/aromatic N) is 1. The Balaban J connectivity index is 3.00. The van der Waals surface area contributed by atoms with Crippen LogP contribution in [-0.4, -0.2) is 33.8 Å². The topological polar surface area (TPSA) is 86.8 Å². The van der Waals surface area contributed by atoms with Crippen molar-refractivity contribution >= 4 is 5.97 Å². The van der Waals surface area contributed by atoms with Gasteiger partial charge in [-0.2, -0.15) is 0 Å². The van der Waals surface area contributed by atoms with Crippen LogP contribution in [-0.2, 0) is 4.79 Å². The first kappa shape index (κ1) is 11.0. The lowest BCUT2D eigenvalue weighted by molar-refractivity contribution is -0.133. The Bertz CT molecular complexity index is 261. The fourth-order valence-corrected chi connectivity index (χ4v) is 1.69. The van der Waals surface area contributed by atoms with Crippen LogP contribution in [0.2, 0.25) is 0 Å². The number of aliphatic hydroxyl groups excluding tert-OH is 1. The number of nitrogens with two attached hydrogens (primary N) is 1. The van der Waals surface area contributed by atoms with Gasteiger partial charge in [0.15, 0.2) is 0 Å². The number of aliphatic carboxylic acids is 1. The first-order valence-electron chi connectivity index (χ1n) is 4.70. The lowest BCUT2D eigenvalue weighted by atomic mass is 10.0. The lowest BCUT2D eigenvalue weighted by Crippen LogP contribution is -2.37. The summed E-state index contributed by atoms with van der Waals surface area (Å²) in [6.45, 7) is 2.09. The van der Waals surface area contributed by atoms with E-state index in [1.54, 1.807) is 0 Å². The fourth-order valence-electron chi connectivity index (χ4n) is 1.69. The third-order valence-corrected chi connectivity index (χ3v) is 2.37. The molecular weight excluding hydrogens is 184 g/mol. The lowest BCUT2D eigenvalue weighted by Gasteiger charge is -2.29. The first-order valence-corrected chi connectivity index (χ1v) is 4.70. The quantitative estimate of drug-likeness (QED) is 0.433. The van der Waals surface area contributed by atoms with E-state index in [2.05, 4.69) is 0 Å². The van der Waals surface area contributed by atoms with E-state index in [0.29, 0.717) is 18.7 Å². The van der Waals surface area contributed by atoms with Gasteiger partial charge in [-0.25, -0.2) is 10.6 Å². The van der Waals surface area contributed by atoms with Crippen molar-refractivity contribution in [2.75, 3.05) is 6.54 Å². The average Bonchev–Trinajstić information content (AvgIpc) is 2.07. The van der Waals surface area contributed by atoms with Crippen molar-refractivity contribution in [3.63, 3.8) is 0 Å². The maximum absolute atomic E-state index is 10.9. The van der Waals surface area contributed by atoms with E-state index >= 15 is 0 Å². The number of piperidine rings is 1. The number of hydrazine groups is 1. The molecule has 0 amide bonds. The molecule has 1 heterocycles. The number of allylic oxidation sites excluding steroid dienone is 1. The molecule has 1 aliphatic rings. The van der Waals surface area contributed by atoms with Crippen LogP contribution >= 0.6 is 0 Å². The van der Waals surface area contributed by atoms with E-state index in [1.807, 2.05) is 0 Å². The predicted octanol–water partition coefficient (Wildman–Crippen LogP) is 0.0655. The van der Waals surface area contributed by atoms with E-state index in [-0.39, 0.29) is 5.57 Å². The summed E-state index contributed by atoms with van der Waals surface area (Å²) in [7, 11) is 0. The van der Waals surface area contributed by atoms with Crippen LogP contribution < -0.4 is 5.84 Å². The maximum Gasteiger partial charge on any atom is 0.336 e. The zero-order valence-electron chi connectivity index (χ0n) is 8.23. The number of rotatable bonds is 2. The summed E-state index contributed by atoms with van der Waals surface area (Å²) in [5.74, 6) is 4.57. The van der Waals surface area contributed by atoms with Crippen LogP contribution in [0.5, 0.6) is 0 Å². The summed E-state index contributed by atoms with van der Waals surface area (Å²) in [5.41, 5.74) is 0.575. The summed E-state index contributed by atoms with van der Waals surface area (Å²) in [5, 5.41) is 19.7. The van der Waals surface area contributed by atoms with Crippen LogP contribution in [0.15, 0.2) is 11.3 Å².